The predicted molar refractivity (Wildman–Crippen MR) is 101 cm³/mol. The van der Waals surface area contributed by atoms with Crippen LogP contribution in [0, 0.1) is 0 Å². The molecule has 2 saturated heterocycles. The third-order valence-electron chi connectivity index (χ3n) is 4.08. The van der Waals surface area contributed by atoms with Crippen LogP contribution in [0.1, 0.15) is 31.2 Å². The van der Waals surface area contributed by atoms with E-state index in [4.69, 9.17) is 23.8 Å². The molecular weight excluding hydrogens is 348 g/mol. The van der Waals surface area contributed by atoms with Gasteiger partial charge in [0.15, 0.2) is 0 Å². The van der Waals surface area contributed by atoms with Gasteiger partial charge < -0.3 is 0 Å². The van der Waals surface area contributed by atoms with Gasteiger partial charge in [0, 0.05) is 5.02 Å². The lowest BCUT2D eigenvalue weighted by Crippen LogP contribution is -2.40. The minimum absolute atomic E-state index is 0.0131. The Morgan fingerprint density at radius 3 is 2.43 bits per heavy atom. The number of nitrogens with zero attached hydrogens (tertiary/aromatic N) is 2. The molecule has 6 heteroatoms. The number of thioether (sulfide) groups is 1. The van der Waals surface area contributed by atoms with Crippen LogP contribution in [0.3, 0.4) is 0 Å². The van der Waals surface area contributed by atoms with E-state index in [1.54, 1.807) is 4.90 Å². The number of benzene rings is 1. The van der Waals surface area contributed by atoms with E-state index in [1.165, 1.54) is 37.4 Å². The van der Waals surface area contributed by atoms with E-state index in [1.807, 2.05) is 30.3 Å². The molecule has 0 unspecified atom stereocenters. The molecule has 0 bridgehead atoms. The Morgan fingerprint density at radius 2 is 1.78 bits per heavy atom. The van der Waals surface area contributed by atoms with Crippen molar-refractivity contribution in [3.63, 3.8) is 0 Å². The van der Waals surface area contributed by atoms with E-state index in [0.717, 1.165) is 18.7 Å². The topological polar surface area (TPSA) is 23.6 Å². The molecule has 0 aliphatic carbocycles. The lowest BCUT2D eigenvalue weighted by molar-refractivity contribution is -0.123. The summed E-state index contributed by atoms with van der Waals surface area (Å²) in [7, 11) is 0. The Bertz CT molecular complexity index is 622. The first kappa shape index (κ1) is 17.0. The highest BCUT2D eigenvalue weighted by molar-refractivity contribution is 8.26. The molecule has 2 heterocycles. The van der Waals surface area contributed by atoms with Crippen molar-refractivity contribution in [2.24, 2.45) is 0 Å². The zero-order valence-electron chi connectivity index (χ0n) is 12.8. The Morgan fingerprint density at radius 1 is 1.13 bits per heavy atom. The van der Waals surface area contributed by atoms with Gasteiger partial charge in [0.05, 0.1) is 11.6 Å². The largest absolute Gasteiger partial charge is 0.286 e. The minimum Gasteiger partial charge on any atom is -0.286 e. The van der Waals surface area contributed by atoms with Crippen molar-refractivity contribution in [2.45, 2.75) is 25.7 Å². The van der Waals surface area contributed by atoms with Crippen molar-refractivity contribution in [2.75, 3.05) is 19.8 Å². The normalized spacial score (nSPS) is 22.0. The molecule has 1 amide bonds. The van der Waals surface area contributed by atoms with Crippen molar-refractivity contribution >= 4 is 51.9 Å². The smallest absolute Gasteiger partial charge is 0.267 e. The summed E-state index contributed by atoms with van der Waals surface area (Å²) in [5.41, 5.74) is 0.963. The fourth-order valence-corrected chi connectivity index (χ4v) is 4.18. The van der Waals surface area contributed by atoms with Crippen molar-refractivity contribution in [3.05, 3.63) is 39.8 Å². The van der Waals surface area contributed by atoms with Crippen molar-refractivity contribution in [1.82, 2.24) is 9.80 Å². The third-order valence-corrected chi connectivity index (χ3v) is 5.71. The average Bonchev–Trinajstić information content (AvgIpc) is 2.75. The van der Waals surface area contributed by atoms with Crippen LogP contribution in [-0.4, -0.2) is 39.8 Å². The molecule has 0 N–H and O–H groups in total. The molecule has 2 aliphatic heterocycles. The summed E-state index contributed by atoms with van der Waals surface area (Å²) in [6.07, 6.45) is 6.86. The second kappa shape index (κ2) is 7.79. The van der Waals surface area contributed by atoms with Crippen LogP contribution in [-0.2, 0) is 4.79 Å². The molecule has 2 aliphatic rings. The molecular formula is C17H19ClN2OS2. The summed E-state index contributed by atoms with van der Waals surface area (Å²) >= 11 is 12.7. The SMILES string of the molecule is O=C1/C(=C/c2ccc(Cl)cc2)SC(=S)N1CN1CCCCCC1. The summed E-state index contributed by atoms with van der Waals surface area (Å²) in [6, 6.07) is 7.46. The van der Waals surface area contributed by atoms with Crippen molar-refractivity contribution in [1.29, 1.82) is 0 Å². The summed E-state index contributed by atoms with van der Waals surface area (Å²) in [6.45, 7) is 2.71. The quantitative estimate of drug-likeness (QED) is 0.585. The van der Waals surface area contributed by atoms with Gasteiger partial charge in [-0.1, -0.05) is 60.6 Å². The van der Waals surface area contributed by atoms with Gasteiger partial charge >= 0.3 is 0 Å². The first-order valence-electron chi connectivity index (χ1n) is 7.87. The fraction of sp³-hybridized carbons (Fsp3) is 0.412. The van der Waals surface area contributed by atoms with E-state index >= 15 is 0 Å². The first-order valence-corrected chi connectivity index (χ1v) is 9.47. The van der Waals surface area contributed by atoms with Crippen LogP contribution in [0.2, 0.25) is 5.02 Å². The molecule has 122 valence electrons. The zero-order valence-corrected chi connectivity index (χ0v) is 15.2. The number of carbonyl (C=O) groups excluding carboxylic acids is 1. The molecule has 1 aromatic rings. The van der Waals surface area contributed by atoms with Crippen LogP contribution in [0.4, 0.5) is 0 Å². The summed E-state index contributed by atoms with van der Waals surface area (Å²) in [5.74, 6) is 0.0131. The monoisotopic (exact) mass is 366 g/mol. The van der Waals surface area contributed by atoms with Crippen molar-refractivity contribution in [3.8, 4) is 0 Å². The maximum absolute atomic E-state index is 12.6. The van der Waals surface area contributed by atoms with Crippen LogP contribution in [0.25, 0.3) is 6.08 Å². The Labute approximate surface area is 151 Å². The summed E-state index contributed by atoms with van der Waals surface area (Å²) in [5, 5.41) is 0.691. The number of rotatable bonds is 3. The van der Waals surface area contributed by atoms with Gasteiger partial charge in [-0.15, -0.1) is 0 Å². The molecule has 23 heavy (non-hydrogen) atoms. The number of halogens is 1. The maximum atomic E-state index is 12.6. The molecule has 3 nitrogen and oxygen atoms in total. The highest BCUT2D eigenvalue weighted by Gasteiger charge is 2.33. The maximum Gasteiger partial charge on any atom is 0.267 e. The number of amides is 1. The fourth-order valence-electron chi connectivity index (χ4n) is 2.81. The molecule has 0 aromatic heterocycles. The number of hydrogen-bond acceptors (Lipinski definition) is 4. The summed E-state index contributed by atoms with van der Waals surface area (Å²) in [4.78, 5) is 17.4. The van der Waals surface area contributed by atoms with Gasteiger partial charge in [0.2, 0.25) is 0 Å². The van der Waals surface area contributed by atoms with Gasteiger partial charge in [-0.05, 0) is 49.7 Å². The molecule has 3 rings (SSSR count). The highest BCUT2D eigenvalue weighted by atomic mass is 35.5. The average molecular weight is 367 g/mol. The van der Waals surface area contributed by atoms with E-state index in [2.05, 4.69) is 4.90 Å². The Hall–Kier alpha value is -0.880. The highest BCUT2D eigenvalue weighted by Crippen LogP contribution is 2.33. The predicted octanol–water partition coefficient (Wildman–Crippen LogP) is 4.37. The molecule has 1 aromatic carbocycles. The van der Waals surface area contributed by atoms with Gasteiger partial charge in [-0.25, -0.2) is 0 Å². The first-order chi connectivity index (χ1) is 11.1. The van der Waals surface area contributed by atoms with E-state index < -0.39 is 0 Å². The number of likely N-dealkylation sites (tertiary alicyclic amines) is 1. The van der Waals surface area contributed by atoms with Crippen LogP contribution < -0.4 is 0 Å². The standard InChI is InChI=1S/C17H19ClN2OS2/c18-14-7-5-13(6-8-14)11-15-16(21)20(17(22)23-15)12-19-9-3-1-2-4-10-19/h5-8,11H,1-4,9-10,12H2/b15-11-. The Kier molecular flexibility index (Phi) is 5.75. The number of thiocarbonyl (C=S) groups is 1. The van der Waals surface area contributed by atoms with Gasteiger partial charge in [-0.3, -0.25) is 14.6 Å². The molecule has 0 radical (unpaired) electrons. The molecule has 0 spiro atoms. The van der Waals surface area contributed by atoms with E-state index in [9.17, 15) is 4.79 Å². The van der Waals surface area contributed by atoms with Crippen LogP contribution >= 0.6 is 35.6 Å². The Balaban J connectivity index is 1.70. The second-order valence-electron chi connectivity index (χ2n) is 5.83. The van der Waals surface area contributed by atoms with E-state index in [-0.39, 0.29) is 5.91 Å². The van der Waals surface area contributed by atoms with Gasteiger partial charge in [0.1, 0.15) is 4.32 Å². The second-order valence-corrected chi connectivity index (χ2v) is 7.95. The third kappa shape index (κ3) is 4.35. The van der Waals surface area contributed by atoms with Crippen molar-refractivity contribution < 1.29 is 4.79 Å². The lowest BCUT2D eigenvalue weighted by atomic mass is 10.2. The summed E-state index contributed by atoms with van der Waals surface area (Å²) < 4.78 is 0.652. The molecule has 2 fully saturated rings. The molecule has 0 atom stereocenters. The lowest BCUT2D eigenvalue weighted by Gasteiger charge is -2.25. The van der Waals surface area contributed by atoms with Crippen LogP contribution in [0.5, 0.6) is 0 Å². The van der Waals surface area contributed by atoms with Crippen LogP contribution in [0.15, 0.2) is 29.2 Å². The molecule has 0 saturated carbocycles. The number of hydrogen-bond donors (Lipinski definition) is 0. The van der Waals surface area contributed by atoms with Gasteiger partial charge in [0.25, 0.3) is 5.91 Å². The van der Waals surface area contributed by atoms with E-state index in [0.29, 0.717) is 20.9 Å². The zero-order chi connectivity index (χ0) is 16.2. The van der Waals surface area contributed by atoms with Gasteiger partial charge in [-0.2, -0.15) is 0 Å². The minimum atomic E-state index is 0.0131. The number of carbonyl (C=O) groups is 1.